The maximum absolute atomic E-state index is 9.55. The Morgan fingerprint density at radius 3 is 2.71 bits per heavy atom. The van der Waals surface area contributed by atoms with Crippen molar-refractivity contribution in [2.24, 2.45) is 0 Å². The summed E-state index contributed by atoms with van der Waals surface area (Å²) in [6, 6.07) is 0. The number of carbonyl (C=O) groups excluding carboxylic acids is 1. The van der Waals surface area contributed by atoms with Crippen LogP contribution in [0.3, 0.4) is 0 Å². The monoisotopic (exact) mass is 116 g/mol. The van der Waals surface area contributed by atoms with Crippen LogP contribution in [0.15, 0.2) is 17.7 Å². The summed E-state index contributed by atoms with van der Waals surface area (Å²) in [6.45, 7) is 3.36. The average Bonchev–Trinajstić information content (AvgIpc) is 1.68. The number of halogens is 1. The molecule has 0 aromatic carbocycles. The van der Waals surface area contributed by atoms with E-state index in [-0.39, 0.29) is 5.03 Å². The highest BCUT2D eigenvalue weighted by Gasteiger charge is 1.82. The van der Waals surface area contributed by atoms with Gasteiger partial charge in [-0.3, -0.25) is 0 Å². The predicted molar refractivity (Wildman–Crippen MR) is 29.9 cm³/mol. The highest BCUT2D eigenvalue weighted by molar-refractivity contribution is 6.33. The van der Waals surface area contributed by atoms with Crippen LogP contribution in [0.5, 0.6) is 0 Å². The van der Waals surface area contributed by atoms with Crippen molar-refractivity contribution in [3.05, 3.63) is 17.7 Å². The summed E-state index contributed by atoms with van der Waals surface area (Å²) in [7, 11) is 0. The molecule has 0 radical (unpaired) electrons. The van der Waals surface area contributed by atoms with E-state index in [1.807, 2.05) is 0 Å². The molecule has 0 spiro atoms. The van der Waals surface area contributed by atoms with Gasteiger partial charge in [-0.25, -0.2) is 4.79 Å². The van der Waals surface area contributed by atoms with Crippen LogP contribution in [0, 0.1) is 0 Å². The van der Waals surface area contributed by atoms with Crippen LogP contribution >= 0.6 is 11.6 Å². The highest BCUT2D eigenvalue weighted by atomic mass is 35.5. The van der Waals surface area contributed by atoms with Crippen LogP contribution in [-0.4, -0.2) is 5.94 Å². The van der Waals surface area contributed by atoms with Gasteiger partial charge in [0.15, 0.2) is 0 Å². The van der Waals surface area contributed by atoms with Gasteiger partial charge in [-0.05, 0) is 0 Å². The van der Waals surface area contributed by atoms with Gasteiger partial charge in [0.25, 0.3) is 0 Å². The van der Waals surface area contributed by atoms with Gasteiger partial charge < -0.3 is 0 Å². The first-order valence-electron chi connectivity index (χ1n) is 1.81. The van der Waals surface area contributed by atoms with E-state index in [1.165, 1.54) is 5.94 Å². The lowest BCUT2D eigenvalue weighted by Gasteiger charge is -1.76. The number of hydrogen-bond donors (Lipinski definition) is 0. The van der Waals surface area contributed by atoms with Crippen molar-refractivity contribution in [3.8, 4) is 0 Å². The summed E-state index contributed by atoms with van der Waals surface area (Å²) >= 11 is 5.19. The van der Waals surface area contributed by atoms with Crippen molar-refractivity contribution in [2.45, 2.75) is 6.42 Å². The van der Waals surface area contributed by atoms with Gasteiger partial charge in [-0.15, -0.1) is 6.58 Å². The number of hydrogen-bond acceptors (Lipinski definition) is 1. The van der Waals surface area contributed by atoms with Crippen LogP contribution in [0.1, 0.15) is 6.42 Å². The lowest BCUT2D eigenvalue weighted by atomic mass is 10.4. The summed E-state index contributed by atoms with van der Waals surface area (Å²) in [5, 5.41) is 0.176. The maximum Gasteiger partial charge on any atom is 0.140 e. The summed E-state index contributed by atoms with van der Waals surface area (Å²) in [5.74, 6) is 1.53. The highest BCUT2D eigenvalue weighted by Crippen LogP contribution is 2.00. The fourth-order valence-electron chi connectivity index (χ4n) is 0.168. The molecular formula is C5H5ClO. The zero-order valence-electron chi connectivity index (χ0n) is 3.78. The van der Waals surface area contributed by atoms with Crippen LogP contribution in [0.4, 0.5) is 0 Å². The molecule has 0 atom stereocenters. The van der Waals surface area contributed by atoms with Gasteiger partial charge in [0, 0.05) is 6.42 Å². The molecule has 0 aliphatic heterocycles. The van der Waals surface area contributed by atoms with Crippen LogP contribution < -0.4 is 0 Å². The van der Waals surface area contributed by atoms with E-state index in [2.05, 4.69) is 6.58 Å². The Morgan fingerprint density at radius 2 is 2.57 bits per heavy atom. The Labute approximate surface area is 47.3 Å². The first-order chi connectivity index (χ1) is 3.31. The standard InChI is InChI=1S/C5H5ClO/c1-2-3-5(6)4-7/h2H,1,3H2. The minimum atomic E-state index is 0.176. The molecule has 0 unspecified atom stereocenters. The van der Waals surface area contributed by atoms with E-state index >= 15 is 0 Å². The Bertz CT molecular complexity index is 111. The van der Waals surface area contributed by atoms with Crippen molar-refractivity contribution < 1.29 is 4.79 Å². The van der Waals surface area contributed by atoms with Crippen LogP contribution in [0.25, 0.3) is 0 Å². The molecule has 0 aliphatic carbocycles. The molecule has 7 heavy (non-hydrogen) atoms. The third kappa shape index (κ3) is 3.31. The second-order valence-corrected chi connectivity index (χ2v) is 1.46. The molecule has 0 aliphatic rings. The Kier molecular flexibility index (Phi) is 3.39. The summed E-state index contributed by atoms with van der Waals surface area (Å²) < 4.78 is 0. The summed E-state index contributed by atoms with van der Waals surface area (Å²) in [4.78, 5) is 9.55. The van der Waals surface area contributed by atoms with Crippen molar-refractivity contribution in [1.82, 2.24) is 0 Å². The molecule has 0 aromatic heterocycles. The number of rotatable bonds is 2. The zero-order chi connectivity index (χ0) is 5.70. The van der Waals surface area contributed by atoms with Crippen LogP contribution in [-0.2, 0) is 4.79 Å². The molecule has 0 amide bonds. The van der Waals surface area contributed by atoms with E-state index in [1.54, 1.807) is 6.08 Å². The molecule has 2 heteroatoms. The third-order valence-corrected chi connectivity index (χ3v) is 0.666. The van der Waals surface area contributed by atoms with Crippen molar-refractivity contribution in [3.63, 3.8) is 0 Å². The lowest BCUT2D eigenvalue weighted by Crippen LogP contribution is -1.64. The molecule has 0 fully saturated rings. The van der Waals surface area contributed by atoms with Gasteiger partial charge in [-0.2, -0.15) is 0 Å². The fraction of sp³-hybridized carbons (Fsp3) is 0.200. The first kappa shape index (κ1) is 6.48. The quantitative estimate of drug-likeness (QED) is 0.395. The van der Waals surface area contributed by atoms with Crippen molar-refractivity contribution >= 4 is 17.5 Å². The molecular weight excluding hydrogens is 112 g/mol. The van der Waals surface area contributed by atoms with E-state index in [9.17, 15) is 4.79 Å². The third-order valence-electron chi connectivity index (χ3n) is 0.434. The van der Waals surface area contributed by atoms with Gasteiger partial charge >= 0.3 is 0 Å². The van der Waals surface area contributed by atoms with E-state index < -0.39 is 0 Å². The minimum Gasteiger partial charge on any atom is -0.232 e. The zero-order valence-corrected chi connectivity index (χ0v) is 4.53. The second-order valence-electron chi connectivity index (χ2n) is 1.000. The molecule has 0 heterocycles. The Hall–Kier alpha value is -0.520. The van der Waals surface area contributed by atoms with Gasteiger partial charge in [0.2, 0.25) is 0 Å². The van der Waals surface area contributed by atoms with Crippen molar-refractivity contribution in [2.75, 3.05) is 0 Å². The smallest absolute Gasteiger partial charge is 0.140 e. The molecule has 38 valence electrons. The van der Waals surface area contributed by atoms with E-state index in [4.69, 9.17) is 11.6 Å². The number of allylic oxidation sites excluding steroid dienone is 2. The molecule has 0 aromatic rings. The SMILES string of the molecule is C=CCC(Cl)=C=O. The predicted octanol–water partition coefficient (Wildman–Crippen LogP) is 1.52. The molecule has 0 rings (SSSR count). The fourth-order valence-corrected chi connectivity index (χ4v) is 0.277. The maximum atomic E-state index is 9.55. The topological polar surface area (TPSA) is 17.1 Å². The molecule has 0 saturated heterocycles. The molecule has 0 N–H and O–H groups in total. The van der Waals surface area contributed by atoms with Gasteiger partial charge in [0.1, 0.15) is 11.0 Å². The van der Waals surface area contributed by atoms with Gasteiger partial charge in [0.05, 0.1) is 0 Å². The van der Waals surface area contributed by atoms with Crippen molar-refractivity contribution in [1.29, 1.82) is 0 Å². The van der Waals surface area contributed by atoms with E-state index in [0.717, 1.165) is 0 Å². The normalized spacial score (nSPS) is 7.00. The minimum absolute atomic E-state index is 0.176. The lowest BCUT2D eigenvalue weighted by molar-refractivity contribution is 0.568. The largest absolute Gasteiger partial charge is 0.232 e. The molecule has 1 nitrogen and oxygen atoms in total. The Balaban J connectivity index is 3.58. The second kappa shape index (κ2) is 3.66. The molecule has 0 saturated carbocycles. The average molecular weight is 117 g/mol. The van der Waals surface area contributed by atoms with Crippen LogP contribution in [0.2, 0.25) is 0 Å². The Morgan fingerprint density at radius 1 is 2.00 bits per heavy atom. The molecule has 0 bridgehead atoms. The summed E-state index contributed by atoms with van der Waals surface area (Å²) in [6.07, 6.45) is 1.97. The van der Waals surface area contributed by atoms with Gasteiger partial charge in [-0.1, -0.05) is 17.7 Å². The van der Waals surface area contributed by atoms with E-state index in [0.29, 0.717) is 6.42 Å². The summed E-state index contributed by atoms with van der Waals surface area (Å²) in [5.41, 5.74) is 0. The first-order valence-corrected chi connectivity index (χ1v) is 2.19.